The van der Waals surface area contributed by atoms with Gasteiger partial charge < -0.3 is 31.9 Å². The first-order valence-electron chi connectivity index (χ1n) is 7.17. The fraction of sp³-hybridized carbons (Fsp3) is 0.714. The third-order valence-corrected chi connectivity index (χ3v) is 4.41. The summed E-state index contributed by atoms with van der Waals surface area (Å²) in [6, 6.07) is -0.827. The Morgan fingerprint density at radius 3 is 1.42 bits per heavy atom. The lowest BCUT2D eigenvalue weighted by Gasteiger charge is -2.49. The van der Waals surface area contributed by atoms with Crippen molar-refractivity contribution in [1.29, 1.82) is 0 Å². The molecule has 0 radical (unpaired) electrons. The van der Waals surface area contributed by atoms with Gasteiger partial charge in [-0.2, -0.15) is 0 Å². The molecule has 0 aromatic heterocycles. The van der Waals surface area contributed by atoms with Gasteiger partial charge >= 0.3 is 23.9 Å². The topological polar surface area (TPSA) is 201 Å². The van der Waals surface area contributed by atoms with Crippen LogP contribution in [-0.4, -0.2) is 55.9 Å². The average molecular weight is 348 g/mol. The van der Waals surface area contributed by atoms with Gasteiger partial charge in [-0.1, -0.05) is 0 Å². The first kappa shape index (κ1) is 21.8. The molecule has 0 saturated heterocycles. The standard InChI is InChI=1S/C14H24N2O8/c1-7(15)8(3-9(17)18)13(2,16)14(4-10(19)20,5-11(21)22)6-12(23)24/h7-8H,3-6,15-16H2,1-2H3,(H,17,18)(H,19,20)(H,21,22)(H,23,24). The van der Waals surface area contributed by atoms with Crippen molar-refractivity contribution in [2.24, 2.45) is 22.8 Å². The Morgan fingerprint density at radius 1 is 0.875 bits per heavy atom. The smallest absolute Gasteiger partial charge is 0.304 e. The van der Waals surface area contributed by atoms with Crippen LogP contribution in [0.1, 0.15) is 39.5 Å². The lowest BCUT2D eigenvalue weighted by molar-refractivity contribution is -0.153. The van der Waals surface area contributed by atoms with E-state index in [4.69, 9.17) is 31.9 Å². The summed E-state index contributed by atoms with van der Waals surface area (Å²) in [5.41, 5.74) is 8.29. The van der Waals surface area contributed by atoms with Gasteiger partial charge in [0.25, 0.3) is 0 Å². The van der Waals surface area contributed by atoms with E-state index in [1.807, 2.05) is 0 Å². The first-order valence-corrected chi connectivity index (χ1v) is 7.17. The summed E-state index contributed by atoms with van der Waals surface area (Å²) in [7, 11) is 0. The van der Waals surface area contributed by atoms with Gasteiger partial charge in [0.15, 0.2) is 0 Å². The van der Waals surface area contributed by atoms with Crippen molar-refractivity contribution in [3.8, 4) is 0 Å². The Hall–Kier alpha value is -2.20. The molecule has 3 atom stereocenters. The van der Waals surface area contributed by atoms with Crippen LogP contribution in [0.15, 0.2) is 0 Å². The Bertz CT molecular complexity index is 474. The Balaban J connectivity index is 6.27. The molecule has 0 spiro atoms. The molecule has 0 bridgehead atoms. The molecule has 0 aliphatic carbocycles. The Morgan fingerprint density at radius 2 is 1.21 bits per heavy atom. The van der Waals surface area contributed by atoms with Crippen molar-refractivity contribution < 1.29 is 39.6 Å². The van der Waals surface area contributed by atoms with Crippen LogP contribution in [0.2, 0.25) is 0 Å². The quantitative estimate of drug-likeness (QED) is 0.284. The van der Waals surface area contributed by atoms with Gasteiger partial charge in [0.2, 0.25) is 0 Å². The molecule has 0 aromatic rings. The number of hydrogen-bond donors (Lipinski definition) is 6. The third-order valence-electron chi connectivity index (χ3n) is 4.41. The fourth-order valence-corrected chi connectivity index (χ4v) is 3.15. The van der Waals surface area contributed by atoms with Gasteiger partial charge in [-0.05, 0) is 13.8 Å². The number of nitrogens with two attached hydrogens (primary N) is 2. The largest absolute Gasteiger partial charge is 0.481 e. The molecule has 0 aliphatic heterocycles. The number of carboxylic acid groups (broad SMARTS) is 4. The van der Waals surface area contributed by atoms with E-state index in [2.05, 4.69) is 0 Å². The second-order valence-corrected chi connectivity index (χ2v) is 6.34. The van der Waals surface area contributed by atoms with Crippen LogP contribution in [0.5, 0.6) is 0 Å². The Labute approximate surface area is 138 Å². The molecule has 24 heavy (non-hydrogen) atoms. The maximum Gasteiger partial charge on any atom is 0.304 e. The molecule has 0 saturated carbocycles. The summed E-state index contributed by atoms with van der Waals surface area (Å²) in [6.45, 7) is 2.71. The first-order chi connectivity index (χ1) is 10.7. The molecule has 138 valence electrons. The van der Waals surface area contributed by atoms with Gasteiger partial charge in [0.1, 0.15) is 0 Å². The lowest BCUT2D eigenvalue weighted by Crippen LogP contribution is -2.64. The second-order valence-electron chi connectivity index (χ2n) is 6.34. The van der Waals surface area contributed by atoms with E-state index in [-0.39, 0.29) is 0 Å². The highest BCUT2D eigenvalue weighted by molar-refractivity contribution is 5.76. The zero-order valence-corrected chi connectivity index (χ0v) is 13.6. The average Bonchev–Trinajstić information content (AvgIpc) is 2.32. The highest BCUT2D eigenvalue weighted by Gasteiger charge is 2.54. The van der Waals surface area contributed by atoms with E-state index in [1.165, 1.54) is 13.8 Å². The van der Waals surface area contributed by atoms with Crippen LogP contribution in [0.4, 0.5) is 0 Å². The third kappa shape index (κ3) is 5.46. The molecule has 10 nitrogen and oxygen atoms in total. The number of rotatable bonds is 11. The van der Waals surface area contributed by atoms with Crippen LogP contribution in [0.3, 0.4) is 0 Å². The molecule has 0 aromatic carbocycles. The Kier molecular flexibility index (Phi) is 7.32. The summed E-state index contributed by atoms with van der Waals surface area (Å²) >= 11 is 0. The van der Waals surface area contributed by atoms with Gasteiger partial charge in [0.05, 0.1) is 25.7 Å². The van der Waals surface area contributed by atoms with Crippen LogP contribution in [0.25, 0.3) is 0 Å². The minimum atomic E-state index is -1.91. The zero-order valence-electron chi connectivity index (χ0n) is 13.6. The number of hydrogen-bond acceptors (Lipinski definition) is 6. The molecule has 0 rings (SSSR count). The maximum absolute atomic E-state index is 11.3. The minimum absolute atomic E-state index is 0.550. The van der Waals surface area contributed by atoms with Crippen molar-refractivity contribution in [2.75, 3.05) is 0 Å². The predicted molar refractivity (Wildman–Crippen MR) is 81.2 cm³/mol. The van der Waals surface area contributed by atoms with Crippen molar-refractivity contribution >= 4 is 23.9 Å². The van der Waals surface area contributed by atoms with Gasteiger partial charge in [-0.25, -0.2) is 0 Å². The summed E-state index contributed by atoms with van der Waals surface area (Å²) in [6.07, 6.45) is -3.09. The monoisotopic (exact) mass is 348 g/mol. The normalized spacial score (nSPS) is 16.7. The predicted octanol–water partition coefficient (Wildman–Crippen LogP) is -0.448. The molecule has 0 aliphatic rings. The van der Waals surface area contributed by atoms with Crippen molar-refractivity contribution in [3.63, 3.8) is 0 Å². The summed E-state index contributed by atoms with van der Waals surface area (Å²) in [4.78, 5) is 44.8. The van der Waals surface area contributed by atoms with Gasteiger partial charge in [0, 0.05) is 22.9 Å². The minimum Gasteiger partial charge on any atom is -0.481 e. The number of carboxylic acids is 4. The second kappa shape index (κ2) is 8.06. The van der Waals surface area contributed by atoms with E-state index in [0.29, 0.717) is 0 Å². The molecule has 0 heterocycles. The van der Waals surface area contributed by atoms with E-state index < -0.39 is 72.5 Å². The highest BCUT2D eigenvalue weighted by Crippen LogP contribution is 2.46. The van der Waals surface area contributed by atoms with Crippen LogP contribution >= 0.6 is 0 Å². The van der Waals surface area contributed by atoms with Gasteiger partial charge in [-0.15, -0.1) is 0 Å². The number of carbonyl (C=O) groups is 4. The maximum atomic E-state index is 11.3. The van der Waals surface area contributed by atoms with E-state index in [0.717, 1.165) is 0 Å². The van der Waals surface area contributed by atoms with E-state index in [1.54, 1.807) is 0 Å². The molecule has 8 N–H and O–H groups in total. The van der Waals surface area contributed by atoms with Crippen molar-refractivity contribution in [3.05, 3.63) is 0 Å². The molecule has 3 unspecified atom stereocenters. The molecule has 0 fully saturated rings. The zero-order chi connectivity index (χ0) is 19.3. The van der Waals surface area contributed by atoms with Crippen LogP contribution in [0, 0.1) is 11.3 Å². The van der Waals surface area contributed by atoms with Crippen LogP contribution < -0.4 is 11.5 Å². The number of aliphatic carboxylic acids is 4. The highest BCUT2D eigenvalue weighted by atomic mass is 16.4. The van der Waals surface area contributed by atoms with E-state index >= 15 is 0 Å². The van der Waals surface area contributed by atoms with Crippen molar-refractivity contribution in [2.45, 2.75) is 51.1 Å². The molecular weight excluding hydrogens is 324 g/mol. The molecule has 0 amide bonds. The lowest BCUT2D eigenvalue weighted by atomic mass is 9.57. The summed E-state index contributed by atoms with van der Waals surface area (Å²) in [5, 5.41) is 36.5. The van der Waals surface area contributed by atoms with Gasteiger partial charge in [-0.3, -0.25) is 19.2 Å². The van der Waals surface area contributed by atoms with E-state index in [9.17, 15) is 19.2 Å². The molecule has 10 heteroatoms. The summed E-state index contributed by atoms with van der Waals surface area (Å²) < 4.78 is 0. The summed E-state index contributed by atoms with van der Waals surface area (Å²) in [5.74, 6) is -6.61. The fourth-order valence-electron chi connectivity index (χ4n) is 3.15. The molecular formula is C14H24N2O8. The SMILES string of the molecule is CC(N)C(CC(=O)O)C(C)(N)C(CC(=O)O)(CC(=O)O)CC(=O)O. The van der Waals surface area contributed by atoms with Crippen molar-refractivity contribution in [1.82, 2.24) is 0 Å². The van der Waals surface area contributed by atoms with Crippen LogP contribution in [-0.2, 0) is 19.2 Å².